The van der Waals surface area contributed by atoms with Crippen molar-refractivity contribution < 1.29 is 14.2 Å². The van der Waals surface area contributed by atoms with Crippen molar-refractivity contribution in [3.63, 3.8) is 0 Å². The van der Waals surface area contributed by atoms with Crippen molar-refractivity contribution in [2.24, 2.45) is 11.6 Å². The minimum Gasteiger partial charge on any atom is -0.497 e. The molecule has 0 heterocycles. The molecule has 0 saturated carbocycles. The lowest BCUT2D eigenvalue weighted by Gasteiger charge is -2.19. The van der Waals surface area contributed by atoms with Gasteiger partial charge in [-0.3, -0.25) is 5.01 Å². The number of rotatable bonds is 7. The summed E-state index contributed by atoms with van der Waals surface area (Å²) in [5, 5.41) is 1.45. The van der Waals surface area contributed by atoms with Crippen LogP contribution in [0.25, 0.3) is 5.70 Å². The Morgan fingerprint density at radius 2 is 1.69 bits per heavy atom. The molecule has 0 atom stereocenters. The highest BCUT2D eigenvalue weighted by Gasteiger charge is 2.16. The van der Waals surface area contributed by atoms with Gasteiger partial charge in [0.1, 0.15) is 17.2 Å². The van der Waals surface area contributed by atoms with Crippen molar-refractivity contribution in [2.45, 2.75) is 19.8 Å². The molecular weight excluding hydrogens is 330 g/mol. The van der Waals surface area contributed by atoms with Crippen LogP contribution >= 0.6 is 0 Å². The van der Waals surface area contributed by atoms with Gasteiger partial charge >= 0.3 is 0 Å². The molecule has 0 aliphatic heterocycles. The first-order chi connectivity index (χ1) is 12.4. The van der Waals surface area contributed by atoms with Crippen molar-refractivity contribution in [2.75, 3.05) is 26.3 Å². The highest BCUT2D eigenvalue weighted by molar-refractivity contribution is 5.72. The van der Waals surface area contributed by atoms with Crippen molar-refractivity contribution >= 4 is 11.4 Å². The Balaban J connectivity index is 2.44. The third-order valence-corrected chi connectivity index (χ3v) is 4.11. The van der Waals surface area contributed by atoms with Crippen LogP contribution in [0, 0.1) is 0 Å². The molecule has 26 heavy (non-hydrogen) atoms. The smallest absolute Gasteiger partial charge is 0.131 e. The summed E-state index contributed by atoms with van der Waals surface area (Å²) >= 11 is 0. The van der Waals surface area contributed by atoms with Crippen LogP contribution in [0.1, 0.15) is 30.9 Å². The summed E-state index contributed by atoms with van der Waals surface area (Å²) in [4.78, 5) is 0. The van der Waals surface area contributed by atoms with Crippen LogP contribution < -0.4 is 30.8 Å². The zero-order chi connectivity index (χ0) is 19.3. The molecule has 0 saturated heterocycles. The van der Waals surface area contributed by atoms with Crippen molar-refractivity contribution in [1.29, 1.82) is 0 Å². The van der Waals surface area contributed by atoms with E-state index >= 15 is 0 Å². The van der Waals surface area contributed by atoms with Gasteiger partial charge in [-0.25, -0.2) is 5.84 Å². The van der Waals surface area contributed by atoms with Gasteiger partial charge in [0, 0.05) is 23.9 Å². The number of methoxy groups -OCH3 is 3. The lowest BCUT2D eigenvalue weighted by atomic mass is 9.97. The summed E-state index contributed by atoms with van der Waals surface area (Å²) in [6.45, 7) is 4.19. The fourth-order valence-electron chi connectivity index (χ4n) is 2.67. The summed E-state index contributed by atoms with van der Waals surface area (Å²) in [6, 6.07) is 11.2. The first-order valence-electron chi connectivity index (χ1n) is 8.32. The maximum Gasteiger partial charge on any atom is 0.131 e. The van der Waals surface area contributed by atoms with Gasteiger partial charge in [0.05, 0.1) is 32.7 Å². The lowest BCUT2D eigenvalue weighted by molar-refractivity contribution is 0.389. The molecule has 6 nitrogen and oxygen atoms in total. The zero-order valence-corrected chi connectivity index (χ0v) is 15.9. The number of anilines is 1. The first kappa shape index (κ1) is 19.5. The highest BCUT2D eigenvalue weighted by atomic mass is 16.5. The average molecular weight is 357 g/mol. The monoisotopic (exact) mass is 357 g/mol. The number of ether oxygens (including phenoxy) is 3. The molecule has 0 unspecified atom stereocenters. The quantitative estimate of drug-likeness (QED) is 0.583. The maximum absolute atomic E-state index is 6.33. The number of hydrogen-bond donors (Lipinski definition) is 2. The molecule has 4 N–H and O–H groups in total. The Morgan fingerprint density at radius 1 is 1.00 bits per heavy atom. The molecular formula is C20H27N3O3. The minimum absolute atomic E-state index is 0.273. The fraction of sp³-hybridized carbons (Fsp3) is 0.300. The number of benzene rings is 2. The van der Waals surface area contributed by atoms with Crippen LogP contribution in [0.2, 0.25) is 0 Å². The number of nitrogens with zero attached hydrogens (tertiary/aromatic N) is 1. The molecule has 0 fully saturated rings. The summed E-state index contributed by atoms with van der Waals surface area (Å²) in [7, 11) is 4.85. The highest BCUT2D eigenvalue weighted by Crippen LogP contribution is 2.35. The van der Waals surface area contributed by atoms with Crippen LogP contribution in [0.15, 0.2) is 42.6 Å². The predicted molar refractivity (Wildman–Crippen MR) is 105 cm³/mol. The molecule has 0 aliphatic carbocycles. The second-order valence-corrected chi connectivity index (χ2v) is 6.14. The Labute approximate surface area is 154 Å². The van der Waals surface area contributed by atoms with Crippen molar-refractivity contribution in [1.82, 2.24) is 0 Å². The maximum atomic E-state index is 6.33. The third kappa shape index (κ3) is 4.21. The van der Waals surface area contributed by atoms with E-state index in [4.69, 9.17) is 25.8 Å². The molecule has 0 radical (unpaired) electrons. The van der Waals surface area contributed by atoms with Gasteiger partial charge in [-0.1, -0.05) is 19.9 Å². The predicted octanol–water partition coefficient (Wildman–Crippen LogP) is 3.47. The van der Waals surface area contributed by atoms with E-state index in [1.165, 1.54) is 5.01 Å². The third-order valence-electron chi connectivity index (χ3n) is 4.11. The standard InChI is InChI=1S/C20H27N3O3/c1-13(2)16-10-17(20(26-5)11-19(16)25-4)18(21)12-23(22)14-7-6-8-15(9-14)24-3/h6-13H,21-22H2,1-5H3/b18-12-. The Hall–Kier alpha value is -2.86. The molecule has 140 valence electrons. The van der Waals surface area contributed by atoms with E-state index < -0.39 is 0 Å². The van der Waals surface area contributed by atoms with Crippen LogP contribution in [-0.2, 0) is 0 Å². The fourth-order valence-corrected chi connectivity index (χ4v) is 2.67. The Bertz CT molecular complexity index is 788. The van der Waals surface area contributed by atoms with Gasteiger partial charge in [0.25, 0.3) is 0 Å². The van der Waals surface area contributed by atoms with E-state index in [1.54, 1.807) is 27.5 Å². The number of hydrazine groups is 1. The van der Waals surface area contributed by atoms with E-state index in [0.717, 1.165) is 22.6 Å². The molecule has 0 aromatic heterocycles. The summed E-state index contributed by atoms with van der Waals surface area (Å²) in [5.74, 6) is 8.54. The minimum atomic E-state index is 0.273. The molecule has 6 heteroatoms. The topological polar surface area (TPSA) is 83.0 Å². The van der Waals surface area contributed by atoms with E-state index in [0.29, 0.717) is 17.2 Å². The number of hydrogen-bond acceptors (Lipinski definition) is 6. The van der Waals surface area contributed by atoms with Crippen molar-refractivity contribution in [3.05, 3.63) is 53.7 Å². The van der Waals surface area contributed by atoms with E-state index in [-0.39, 0.29) is 5.92 Å². The average Bonchev–Trinajstić information content (AvgIpc) is 2.66. The van der Waals surface area contributed by atoms with Crippen LogP contribution in [0.5, 0.6) is 17.2 Å². The van der Waals surface area contributed by atoms with Gasteiger partial charge in [0.2, 0.25) is 0 Å². The van der Waals surface area contributed by atoms with Gasteiger partial charge < -0.3 is 19.9 Å². The van der Waals surface area contributed by atoms with Gasteiger partial charge in [-0.05, 0) is 29.7 Å². The molecule has 0 spiro atoms. The van der Waals surface area contributed by atoms with Crippen LogP contribution in [0.4, 0.5) is 5.69 Å². The lowest BCUT2D eigenvalue weighted by Crippen LogP contribution is -2.25. The SMILES string of the molecule is COc1cccc(N(N)/C=C(\N)c2cc(C(C)C)c(OC)cc2OC)c1. The second-order valence-electron chi connectivity index (χ2n) is 6.14. The summed E-state index contributed by atoms with van der Waals surface area (Å²) in [6.07, 6.45) is 1.66. The molecule has 2 rings (SSSR count). The summed E-state index contributed by atoms with van der Waals surface area (Å²) in [5.41, 5.74) is 9.37. The Kier molecular flexibility index (Phi) is 6.36. The largest absolute Gasteiger partial charge is 0.497 e. The molecule has 0 aliphatic rings. The normalized spacial score (nSPS) is 11.4. The molecule has 0 amide bonds. The zero-order valence-electron chi connectivity index (χ0n) is 15.9. The van der Waals surface area contributed by atoms with Gasteiger partial charge in [-0.2, -0.15) is 0 Å². The van der Waals surface area contributed by atoms with Gasteiger partial charge in [0.15, 0.2) is 0 Å². The van der Waals surface area contributed by atoms with E-state index in [9.17, 15) is 0 Å². The molecule has 0 bridgehead atoms. The summed E-state index contributed by atoms with van der Waals surface area (Å²) < 4.78 is 16.2. The van der Waals surface area contributed by atoms with Gasteiger partial charge in [-0.15, -0.1) is 0 Å². The first-order valence-corrected chi connectivity index (χ1v) is 8.32. The van der Waals surface area contributed by atoms with E-state index in [1.807, 2.05) is 36.4 Å². The molecule has 2 aromatic rings. The number of nitrogens with two attached hydrogens (primary N) is 2. The van der Waals surface area contributed by atoms with Crippen LogP contribution in [-0.4, -0.2) is 21.3 Å². The Morgan fingerprint density at radius 3 is 2.27 bits per heavy atom. The van der Waals surface area contributed by atoms with E-state index in [2.05, 4.69) is 13.8 Å². The second kappa shape index (κ2) is 8.49. The molecule has 2 aromatic carbocycles. The van der Waals surface area contributed by atoms with Crippen molar-refractivity contribution in [3.8, 4) is 17.2 Å². The van der Waals surface area contributed by atoms with Crippen LogP contribution in [0.3, 0.4) is 0 Å².